The van der Waals surface area contributed by atoms with E-state index in [0.29, 0.717) is 19.5 Å². The molecule has 1 rings (SSSR count). The van der Waals surface area contributed by atoms with Gasteiger partial charge in [0.15, 0.2) is 0 Å². The molecule has 4 heteroatoms. The first-order valence-corrected chi connectivity index (χ1v) is 2.92. The van der Waals surface area contributed by atoms with Crippen molar-refractivity contribution in [3.8, 4) is 0 Å². The van der Waals surface area contributed by atoms with Gasteiger partial charge in [-0.3, -0.25) is 10.6 Å². The third-order valence-electron chi connectivity index (χ3n) is 1.57. The number of carboxylic acid groups (broad SMARTS) is 1. The first-order valence-electron chi connectivity index (χ1n) is 2.92. The molecule has 1 fully saturated rings. The monoisotopic (exact) mass is 130 g/mol. The molecule has 1 aliphatic heterocycles. The van der Waals surface area contributed by atoms with Crippen molar-refractivity contribution in [2.75, 3.05) is 13.1 Å². The largest absolute Gasteiger partial charge is 0.481 e. The first kappa shape index (κ1) is 6.51. The van der Waals surface area contributed by atoms with Gasteiger partial charge in [0.2, 0.25) is 0 Å². The van der Waals surface area contributed by atoms with Gasteiger partial charge in [-0.2, -0.15) is 0 Å². The lowest BCUT2D eigenvalue weighted by Crippen LogP contribution is -2.29. The maximum atomic E-state index is 10.3. The predicted molar refractivity (Wildman–Crippen MR) is 31.5 cm³/mol. The van der Waals surface area contributed by atoms with Gasteiger partial charge in [-0.25, -0.2) is 5.01 Å². The molecule has 9 heavy (non-hydrogen) atoms. The number of carboxylic acids is 1. The first-order chi connectivity index (χ1) is 4.20. The van der Waals surface area contributed by atoms with E-state index < -0.39 is 5.97 Å². The fraction of sp³-hybridized carbons (Fsp3) is 0.800. The van der Waals surface area contributed by atoms with Gasteiger partial charge in [0, 0.05) is 13.1 Å². The molecule has 0 aromatic heterocycles. The Morgan fingerprint density at radius 2 is 2.44 bits per heavy atom. The van der Waals surface area contributed by atoms with Gasteiger partial charge in [0.1, 0.15) is 0 Å². The van der Waals surface area contributed by atoms with Gasteiger partial charge >= 0.3 is 5.97 Å². The molecule has 1 saturated heterocycles. The number of nitrogens with two attached hydrogens (primary N) is 1. The molecule has 52 valence electrons. The number of aliphatic carboxylic acids is 1. The van der Waals surface area contributed by atoms with Crippen LogP contribution in [0.1, 0.15) is 6.42 Å². The molecule has 0 aromatic carbocycles. The third-order valence-corrected chi connectivity index (χ3v) is 1.57. The summed E-state index contributed by atoms with van der Waals surface area (Å²) < 4.78 is 0. The summed E-state index contributed by atoms with van der Waals surface area (Å²) in [4.78, 5) is 10.3. The van der Waals surface area contributed by atoms with Crippen molar-refractivity contribution >= 4 is 5.97 Å². The van der Waals surface area contributed by atoms with E-state index >= 15 is 0 Å². The molecule has 0 spiro atoms. The van der Waals surface area contributed by atoms with Crippen LogP contribution < -0.4 is 5.84 Å². The Kier molecular flexibility index (Phi) is 1.68. The normalized spacial score (nSPS) is 28.8. The minimum absolute atomic E-state index is 0.241. The quantitative estimate of drug-likeness (QED) is 0.459. The van der Waals surface area contributed by atoms with Crippen LogP contribution in [0.5, 0.6) is 0 Å². The van der Waals surface area contributed by atoms with E-state index in [1.54, 1.807) is 5.01 Å². The maximum absolute atomic E-state index is 10.3. The lowest BCUT2D eigenvalue weighted by Gasteiger charge is -2.04. The second-order valence-electron chi connectivity index (χ2n) is 2.32. The highest BCUT2D eigenvalue weighted by Gasteiger charge is 2.25. The smallest absolute Gasteiger partial charge is 0.307 e. The van der Waals surface area contributed by atoms with Crippen LogP contribution in [0.15, 0.2) is 0 Å². The number of hydrogen-bond acceptors (Lipinski definition) is 3. The van der Waals surface area contributed by atoms with Crippen LogP contribution in [0.4, 0.5) is 0 Å². The second-order valence-corrected chi connectivity index (χ2v) is 2.32. The van der Waals surface area contributed by atoms with E-state index in [2.05, 4.69) is 0 Å². The molecule has 0 amide bonds. The zero-order chi connectivity index (χ0) is 6.85. The highest BCUT2D eigenvalue weighted by atomic mass is 16.4. The van der Waals surface area contributed by atoms with Crippen LogP contribution in [0.2, 0.25) is 0 Å². The van der Waals surface area contributed by atoms with Gasteiger partial charge in [0.05, 0.1) is 5.92 Å². The summed E-state index contributed by atoms with van der Waals surface area (Å²) >= 11 is 0. The SMILES string of the molecule is NN1CC[C@@H](C(=O)O)C1. The van der Waals surface area contributed by atoms with Gasteiger partial charge in [-0.15, -0.1) is 0 Å². The minimum atomic E-state index is -0.733. The Labute approximate surface area is 53.2 Å². The second kappa shape index (κ2) is 2.33. The molecule has 0 aromatic rings. The highest BCUT2D eigenvalue weighted by molar-refractivity contribution is 5.70. The Morgan fingerprint density at radius 1 is 1.78 bits per heavy atom. The molecule has 0 saturated carbocycles. The van der Waals surface area contributed by atoms with Crippen LogP contribution >= 0.6 is 0 Å². The summed E-state index contributed by atoms with van der Waals surface area (Å²) in [6.07, 6.45) is 0.686. The molecule has 0 aliphatic carbocycles. The molecule has 1 aliphatic rings. The zero-order valence-electron chi connectivity index (χ0n) is 5.08. The summed E-state index contributed by atoms with van der Waals surface area (Å²) in [6, 6.07) is 0. The summed E-state index contributed by atoms with van der Waals surface area (Å²) in [5.41, 5.74) is 0. The number of hydrogen-bond donors (Lipinski definition) is 2. The summed E-state index contributed by atoms with van der Waals surface area (Å²) in [5.74, 6) is 4.36. The Bertz CT molecular complexity index is 126. The van der Waals surface area contributed by atoms with Gasteiger partial charge in [-0.05, 0) is 6.42 Å². The van der Waals surface area contributed by atoms with E-state index in [0.717, 1.165) is 0 Å². The van der Waals surface area contributed by atoms with Crippen LogP contribution in [-0.2, 0) is 4.79 Å². The minimum Gasteiger partial charge on any atom is -0.481 e. The van der Waals surface area contributed by atoms with Crippen molar-refractivity contribution in [2.24, 2.45) is 11.8 Å². The van der Waals surface area contributed by atoms with E-state index in [1.807, 2.05) is 0 Å². The standard InChI is InChI=1S/C5H10N2O2/c6-7-2-1-4(3-7)5(8)9/h4H,1-3,6H2,(H,8,9)/t4-/m1/s1. The molecule has 1 heterocycles. The lowest BCUT2D eigenvalue weighted by atomic mass is 10.1. The van der Waals surface area contributed by atoms with E-state index in [4.69, 9.17) is 10.9 Å². The van der Waals surface area contributed by atoms with Crippen LogP contribution in [0.3, 0.4) is 0 Å². The summed E-state index contributed by atoms with van der Waals surface area (Å²) in [5, 5.41) is 9.99. The fourth-order valence-corrected chi connectivity index (χ4v) is 0.989. The van der Waals surface area contributed by atoms with Gasteiger partial charge in [-0.1, -0.05) is 0 Å². The number of rotatable bonds is 1. The van der Waals surface area contributed by atoms with Crippen molar-refractivity contribution in [3.63, 3.8) is 0 Å². The lowest BCUT2D eigenvalue weighted by molar-refractivity contribution is -0.141. The Morgan fingerprint density at radius 3 is 2.67 bits per heavy atom. The fourth-order valence-electron chi connectivity index (χ4n) is 0.989. The summed E-state index contributed by atoms with van der Waals surface area (Å²) in [7, 11) is 0. The molecular formula is C5H10N2O2. The van der Waals surface area contributed by atoms with Crippen molar-refractivity contribution < 1.29 is 9.90 Å². The van der Waals surface area contributed by atoms with Gasteiger partial charge < -0.3 is 5.11 Å². The summed E-state index contributed by atoms with van der Waals surface area (Å²) in [6.45, 7) is 1.20. The molecular weight excluding hydrogens is 120 g/mol. The number of nitrogens with zero attached hydrogens (tertiary/aromatic N) is 1. The molecule has 0 unspecified atom stereocenters. The number of carbonyl (C=O) groups is 1. The Hall–Kier alpha value is -0.610. The van der Waals surface area contributed by atoms with Crippen molar-refractivity contribution in [1.82, 2.24) is 5.01 Å². The average molecular weight is 130 g/mol. The zero-order valence-corrected chi connectivity index (χ0v) is 5.08. The van der Waals surface area contributed by atoms with Crippen LogP contribution in [0, 0.1) is 5.92 Å². The molecule has 0 radical (unpaired) electrons. The van der Waals surface area contributed by atoms with Crippen molar-refractivity contribution in [1.29, 1.82) is 0 Å². The van der Waals surface area contributed by atoms with E-state index in [9.17, 15) is 4.79 Å². The third kappa shape index (κ3) is 1.40. The number of hydrazine groups is 1. The molecule has 0 bridgehead atoms. The molecule has 1 atom stereocenters. The van der Waals surface area contributed by atoms with Crippen molar-refractivity contribution in [2.45, 2.75) is 6.42 Å². The topological polar surface area (TPSA) is 66.6 Å². The van der Waals surface area contributed by atoms with E-state index in [1.165, 1.54) is 0 Å². The Balaban J connectivity index is 2.39. The van der Waals surface area contributed by atoms with Crippen molar-refractivity contribution in [3.05, 3.63) is 0 Å². The maximum Gasteiger partial charge on any atom is 0.307 e. The molecule has 3 N–H and O–H groups in total. The highest BCUT2D eigenvalue weighted by Crippen LogP contribution is 2.11. The van der Waals surface area contributed by atoms with E-state index in [-0.39, 0.29) is 5.92 Å². The van der Waals surface area contributed by atoms with Crippen LogP contribution in [0.25, 0.3) is 0 Å². The van der Waals surface area contributed by atoms with Gasteiger partial charge in [0.25, 0.3) is 0 Å². The van der Waals surface area contributed by atoms with Crippen LogP contribution in [-0.4, -0.2) is 29.2 Å². The molecule has 4 nitrogen and oxygen atoms in total. The predicted octanol–water partition coefficient (Wildman–Crippen LogP) is -0.733. The average Bonchev–Trinajstić information content (AvgIpc) is 2.14.